The van der Waals surface area contributed by atoms with Crippen molar-refractivity contribution >= 4 is 0 Å². The minimum atomic E-state index is -0.102. The Balaban J connectivity index is 1.64. The minimum absolute atomic E-state index is 0.102. The van der Waals surface area contributed by atoms with E-state index >= 15 is 0 Å². The molecule has 0 saturated heterocycles. The summed E-state index contributed by atoms with van der Waals surface area (Å²) in [6.07, 6.45) is 16.0. The molecule has 3 fully saturated rings. The minimum Gasteiger partial charge on any atom is -0.393 e. The highest BCUT2D eigenvalue weighted by Crippen LogP contribution is 2.66. The maximum atomic E-state index is 10.4. The Morgan fingerprint density at radius 2 is 1.81 bits per heavy atom. The fraction of sp³-hybridized carbons (Fsp3) is 0.867. The lowest BCUT2D eigenvalue weighted by Crippen LogP contribution is -2.52. The lowest BCUT2D eigenvalue weighted by atomic mass is 9.48. The summed E-state index contributed by atoms with van der Waals surface area (Å²) in [6, 6.07) is 0. The monoisotopic (exact) mass is 442 g/mol. The number of fused-ring (bicyclic) bond motifs is 4. The number of aliphatic hydroxyl groups excluding tert-OH is 1. The predicted octanol–water partition coefficient (Wildman–Crippen LogP) is 7.57. The molecule has 1 N–H and O–H groups in total. The van der Waals surface area contributed by atoms with E-state index in [4.69, 9.17) is 4.74 Å². The Morgan fingerprint density at radius 3 is 2.47 bits per heavy atom. The van der Waals surface area contributed by atoms with E-state index < -0.39 is 0 Å². The largest absolute Gasteiger partial charge is 0.393 e. The van der Waals surface area contributed by atoms with E-state index in [1.54, 1.807) is 11.1 Å². The summed E-state index contributed by atoms with van der Waals surface area (Å²) in [5, 5.41) is 10.4. The van der Waals surface area contributed by atoms with Crippen molar-refractivity contribution in [2.45, 2.75) is 112 Å². The topological polar surface area (TPSA) is 29.5 Å². The zero-order chi connectivity index (χ0) is 23.3. The van der Waals surface area contributed by atoms with Gasteiger partial charge in [0.25, 0.3) is 0 Å². The van der Waals surface area contributed by atoms with Crippen molar-refractivity contribution in [2.75, 3.05) is 7.11 Å². The van der Waals surface area contributed by atoms with Crippen LogP contribution in [-0.2, 0) is 4.74 Å². The van der Waals surface area contributed by atoms with E-state index in [0.717, 1.165) is 31.1 Å². The van der Waals surface area contributed by atoms with E-state index in [0.29, 0.717) is 34.5 Å². The third kappa shape index (κ3) is 3.96. The molecule has 4 aliphatic rings. The van der Waals surface area contributed by atoms with Crippen molar-refractivity contribution in [3.05, 3.63) is 23.3 Å². The summed E-state index contributed by atoms with van der Waals surface area (Å²) < 4.78 is 6.21. The van der Waals surface area contributed by atoms with Gasteiger partial charge < -0.3 is 9.84 Å². The fourth-order valence-electron chi connectivity index (χ4n) is 8.81. The molecule has 0 heterocycles. The molecule has 0 aromatic rings. The molecule has 0 aromatic heterocycles. The number of hydrogen-bond acceptors (Lipinski definition) is 2. The molecule has 0 bridgehead atoms. The van der Waals surface area contributed by atoms with Gasteiger partial charge in [0.05, 0.1) is 12.2 Å². The molecule has 4 aliphatic carbocycles. The first-order chi connectivity index (χ1) is 15.2. The van der Waals surface area contributed by atoms with Crippen LogP contribution in [0.3, 0.4) is 0 Å². The Hall–Kier alpha value is -0.600. The SMILES string of the molecule is CC[C@H](C=C[C@@H](C)[C@H]1CCC2=C3[C@H](OC)C[C@H]4C[C@@H](O)CC[C@]4(C)[C@H]3CC[C@@]21C)C(C)C. The van der Waals surface area contributed by atoms with Gasteiger partial charge >= 0.3 is 0 Å². The second kappa shape index (κ2) is 9.21. The lowest BCUT2D eigenvalue weighted by Gasteiger charge is -2.58. The summed E-state index contributed by atoms with van der Waals surface area (Å²) in [6.45, 7) is 14.7. The van der Waals surface area contributed by atoms with Crippen LogP contribution in [0.15, 0.2) is 23.3 Å². The van der Waals surface area contributed by atoms with Crippen molar-refractivity contribution in [1.82, 2.24) is 0 Å². The van der Waals surface area contributed by atoms with Crippen LogP contribution in [0, 0.1) is 46.3 Å². The van der Waals surface area contributed by atoms with Gasteiger partial charge in [-0.1, -0.05) is 59.3 Å². The van der Waals surface area contributed by atoms with Crippen LogP contribution < -0.4 is 0 Å². The molecule has 2 nitrogen and oxygen atoms in total. The normalized spacial score (nSPS) is 43.8. The standard InChI is InChI=1S/C30H50O2/c1-8-21(19(2)3)10-9-20(4)24-11-12-25-28-26(14-16-30(24,25)6)29(5)15-13-23(31)17-22(29)18-27(28)32-7/h9-10,19-24,26-27,31H,8,11-18H2,1-7H3/t20-,21-,22-,23+,24-,26+,27-,29+,30-/m1/s1. The van der Waals surface area contributed by atoms with Crippen LogP contribution in [0.1, 0.15) is 99.3 Å². The molecule has 182 valence electrons. The number of allylic oxidation sites excluding steroid dienone is 3. The maximum Gasteiger partial charge on any atom is 0.0789 e. The van der Waals surface area contributed by atoms with Gasteiger partial charge in [-0.05, 0) is 110 Å². The maximum absolute atomic E-state index is 10.4. The van der Waals surface area contributed by atoms with E-state index in [2.05, 4.69) is 53.7 Å². The molecule has 2 heteroatoms. The van der Waals surface area contributed by atoms with Gasteiger partial charge in [-0.25, -0.2) is 0 Å². The first-order valence-electron chi connectivity index (χ1n) is 13.8. The average Bonchev–Trinajstić information content (AvgIpc) is 3.11. The van der Waals surface area contributed by atoms with Crippen LogP contribution in [0.5, 0.6) is 0 Å². The van der Waals surface area contributed by atoms with E-state index in [1.165, 1.54) is 38.5 Å². The number of hydrogen-bond donors (Lipinski definition) is 1. The molecular formula is C30H50O2. The summed E-state index contributed by atoms with van der Waals surface area (Å²) >= 11 is 0. The molecule has 0 radical (unpaired) electrons. The summed E-state index contributed by atoms with van der Waals surface area (Å²) in [7, 11) is 1.93. The van der Waals surface area contributed by atoms with Crippen LogP contribution in [0.25, 0.3) is 0 Å². The first-order valence-corrected chi connectivity index (χ1v) is 13.8. The van der Waals surface area contributed by atoms with Crippen LogP contribution in [0.4, 0.5) is 0 Å². The van der Waals surface area contributed by atoms with Crippen molar-refractivity contribution in [3.8, 4) is 0 Å². The van der Waals surface area contributed by atoms with Gasteiger partial charge in [0, 0.05) is 7.11 Å². The van der Waals surface area contributed by atoms with Crippen molar-refractivity contribution in [3.63, 3.8) is 0 Å². The molecule has 0 amide bonds. The third-order valence-electron chi connectivity index (χ3n) is 10.9. The molecule has 3 saturated carbocycles. The summed E-state index contributed by atoms with van der Waals surface area (Å²) in [4.78, 5) is 0. The smallest absolute Gasteiger partial charge is 0.0789 e. The molecule has 4 rings (SSSR count). The van der Waals surface area contributed by atoms with Gasteiger partial charge in [-0.15, -0.1) is 0 Å². The van der Waals surface area contributed by atoms with Crippen LogP contribution in [-0.4, -0.2) is 24.4 Å². The van der Waals surface area contributed by atoms with Gasteiger partial charge in [-0.3, -0.25) is 0 Å². The van der Waals surface area contributed by atoms with Gasteiger partial charge in [-0.2, -0.15) is 0 Å². The zero-order valence-corrected chi connectivity index (χ0v) is 22.0. The van der Waals surface area contributed by atoms with Gasteiger partial charge in [0.15, 0.2) is 0 Å². The molecule has 9 atom stereocenters. The molecule has 0 unspecified atom stereocenters. The fourth-order valence-corrected chi connectivity index (χ4v) is 8.81. The zero-order valence-electron chi connectivity index (χ0n) is 22.0. The Morgan fingerprint density at radius 1 is 1.06 bits per heavy atom. The van der Waals surface area contributed by atoms with Crippen LogP contribution >= 0.6 is 0 Å². The molecule has 32 heavy (non-hydrogen) atoms. The second-order valence-corrected chi connectivity index (χ2v) is 12.7. The highest BCUT2D eigenvalue weighted by molar-refractivity contribution is 5.37. The second-order valence-electron chi connectivity index (χ2n) is 12.7. The Kier molecular flexibility index (Phi) is 7.06. The number of ether oxygens (including phenoxy) is 1. The van der Waals surface area contributed by atoms with E-state index in [9.17, 15) is 5.11 Å². The molecule has 0 aromatic carbocycles. The molecule has 0 spiro atoms. The van der Waals surface area contributed by atoms with Crippen molar-refractivity contribution < 1.29 is 9.84 Å². The number of methoxy groups -OCH3 is 1. The quantitative estimate of drug-likeness (QED) is 0.430. The average molecular weight is 443 g/mol. The van der Waals surface area contributed by atoms with Crippen molar-refractivity contribution in [2.24, 2.45) is 46.3 Å². The Bertz CT molecular complexity index is 735. The number of aliphatic hydroxyl groups is 1. The lowest BCUT2D eigenvalue weighted by molar-refractivity contribution is -0.0739. The third-order valence-corrected chi connectivity index (χ3v) is 10.9. The first kappa shape index (κ1) is 24.5. The summed E-state index contributed by atoms with van der Waals surface area (Å²) in [5.74, 6) is 4.09. The van der Waals surface area contributed by atoms with E-state index in [1.807, 2.05) is 7.11 Å². The highest BCUT2D eigenvalue weighted by Gasteiger charge is 2.57. The Labute approximate surface area is 198 Å². The molecular weight excluding hydrogens is 392 g/mol. The van der Waals surface area contributed by atoms with Gasteiger partial charge in [0.2, 0.25) is 0 Å². The number of rotatable bonds is 6. The summed E-state index contributed by atoms with van der Waals surface area (Å²) in [5.41, 5.74) is 4.19. The van der Waals surface area contributed by atoms with Gasteiger partial charge in [0.1, 0.15) is 0 Å². The van der Waals surface area contributed by atoms with E-state index in [-0.39, 0.29) is 12.2 Å². The molecule has 0 aliphatic heterocycles. The van der Waals surface area contributed by atoms with Crippen molar-refractivity contribution in [1.29, 1.82) is 0 Å². The predicted molar refractivity (Wildman–Crippen MR) is 134 cm³/mol. The highest BCUT2D eigenvalue weighted by atomic mass is 16.5. The van der Waals surface area contributed by atoms with Crippen LogP contribution in [0.2, 0.25) is 0 Å².